The Hall–Kier alpha value is -4.19. The van der Waals surface area contributed by atoms with Gasteiger partial charge in [-0.15, -0.1) is 11.8 Å². The first-order valence-electron chi connectivity index (χ1n) is 15.6. The lowest BCUT2D eigenvalue weighted by Gasteiger charge is -2.18. The Morgan fingerprint density at radius 2 is 1.43 bits per heavy atom. The van der Waals surface area contributed by atoms with E-state index in [0.717, 1.165) is 36.5 Å². The highest BCUT2D eigenvalue weighted by molar-refractivity contribution is 8.88. The molecule has 0 saturated carbocycles. The fourth-order valence-electron chi connectivity index (χ4n) is 4.54. The molecule has 3 aromatic rings. The van der Waals surface area contributed by atoms with Crippen LogP contribution in [0.5, 0.6) is 0 Å². The standard InChI is InChI=1S/C11H12N4OS3.C10H8N4OS2.C10H10N4OS2/c1-19-9-7(3-2-4-12-9)8(16)14-11(18)15-6-5-13-10(15)17;15-8(7-2-1-3-11-6-7)13-10-14-5-4-12-9(14)16-17-10;15-8(7-2-1-3-11-6-7)13-10(17)14-5-4-12-9(14)16/h2-4H,5-6H2,1H3,(H,13,17)(H,14,16,18);1-3,6H,4-5H2;1-3,6H,4-5H2,(H,12,16)(H,13,15,17). The molecule has 3 aromatic heterocycles. The van der Waals surface area contributed by atoms with Gasteiger partial charge in [0.25, 0.3) is 17.7 Å². The average molecular weight is 843 g/mol. The molecule has 274 valence electrons. The number of hydrogen-bond donors (Lipinski definition) is 4. The highest BCUT2D eigenvalue weighted by Crippen LogP contribution is 2.38. The number of aromatic nitrogens is 3. The number of nitrogens with one attached hydrogen (secondary N) is 4. The van der Waals surface area contributed by atoms with Gasteiger partial charge in [-0.25, -0.2) is 4.98 Å². The van der Waals surface area contributed by atoms with Gasteiger partial charge in [-0.2, -0.15) is 4.99 Å². The molecule has 0 atom stereocenters. The van der Waals surface area contributed by atoms with Crippen molar-refractivity contribution in [3.8, 4) is 0 Å². The zero-order valence-corrected chi connectivity index (χ0v) is 33.5. The Kier molecular flexibility index (Phi) is 14.9. The van der Waals surface area contributed by atoms with Gasteiger partial charge < -0.3 is 10.6 Å². The Labute approximate surface area is 338 Å². The molecule has 3 amide bonds. The predicted molar refractivity (Wildman–Crippen MR) is 225 cm³/mol. The van der Waals surface area contributed by atoms with E-state index < -0.39 is 0 Å². The molecular formula is C31H30N12O3S7. The monoisotopic (exact) mass is 842 g/mol. The number of thioether (sulfide) groups is 1. The minimum atomic E-state index is -0.280. The van der Waals surface area contributed by atoms with Crippen molar-refractivity contribution >= 4 is 131 Å². The van der Waals surface area contributed by atoms with E-state index >= 15 is 0 Å². The third kappa shape index (κ3) is 10.9. The number of aliphatic imine (C=N–C) groups is 2. The summed E-state index contributed by atoms with van der Waals surface area (Å²) in [5.41, 5.74) is 1.48. The van der Waals surface area contributed by atoms with Crippen LogP contribution in [-0.2, 0) is 0 Å². The summed E-state index contributed by atoms with van der Waals surface area (Å²) in [5.74, 6) is -0.802. The maximum Gasteiger partial charge on any atom is 0.280 e. The van der Waals surface area contributed by atoms with E-state index in [-0.39, 0.29) is 17.7 Å². The summed E-state index contributed by atoms with van der Waals surface area (Å²) >= 11 is 21.9. The van der Waals surface area contributed by atoms with E-state index in [1.54, 1.807) is 75.6 Å². The van der Waals surface area contributed by atoms with Crippen LogP contribution in [0.2, 0.25) is 0 Å². The van der Waals surface area contributed by atoms with Crippen molar-refractivity contribution in [2.24, 2.45) is 9.98 Å². The lowest BCUT2D eigenvalue weighted by Crippen LogP contribution is -2.44. The third-order valence-electron chi connectivity index (χ3n) is 7.11. The summed E-state index contributed by atoms with van der Waals surface area (Å²) in [6.07, 6.45) is 9.78. The van der Waals surface area contributed by atoms with Crippen LogP contribution in [0.4, 0.5) is 0 Å². The van der Waals surface area contributed by atoms with Crippen LogP contribution in [0.15, 0.2) is 82.4 Å². The van der Waals surface area contributed by atoms with E-state index in [4.69, 9.17) is 48.9 Å². The van der Waals surface area contributed by atoms with Crippen molar-refractivity contribution in [2.75, 3.05) is 45.5 Å². The normalized spacial score (nSPS) is 16.3. The average Bonchev–Trinajstić information content (AvgIpc) is 4.00. The van der Waals surface area contributed by atoms with Gasteiger partial charge in [0, 0.05) is 63.7 Å². The molecule has 4 aliphatic heterocycles. The smallest absolute Gasteiger partial charge is 0.280 e. The molecule has 0 aliphatic carbocycles. The van der Waals surface area contributed by atoms with Crippen LogP contribution in [0, 0.1) is 0 Å². The maximum absolute atomic E-state index is 12.2. The number of rotatable bonds is 4. The molecule has 0 aromatic carbocycles. The van der Waals surface area contributed by atoms with Gasteiger partial charge in [0.15, 0.2) is 30.8 Å². The number of pyridine rings is 3. The molecule has 4 aliphatic rings. The molecule has 7 rings (SSSR count). The quantitative estimate of drug-likeness (QED) is 0.172. The van der Waals surface area contributed by atoms with E-state index in [1.165, 1.54) is 34.9 Å². The maximum atomic E-state index is 12.2. The summed E-state index contributed by atoms with van der Waals surface area (Å²) in [7, 11) is 3.03. The fourth-order valence-corrected chi connectivity index (χ4v) is 8.58. The van der Waals surface area contributed by atoms with Gasteiger partial charge in [-0.05, 0) is 113 Å². The van der Waals surface area contributed by atoms with E-state index in [9.17, 15) is 14.4 Å². The Morgan fingerprint density at radius 3 is 2.00 bits per heavy atom. The first kappa shape index (κ1) is 40.0. The zero-order valence-electron chi connectivity index (χ0n) is 27.8. The Bertz CT molecular complexity index is 1950. The van der Waals surface area contributed by atoms with E-state index in [2.05, 4.69) is 46.2 Å². The highest BCUT2D eigenvalue weighted by atomic mass is 33.1. The number of amides is 3. The second-order valence-corrected chi connectivity index (χ2v) is 14.9. The number of hydrogen-bond acceptors (Lipinski definition) is 14. The van der Waals surface area contributed by atoms with Crippen LogP contribution in [-0.4, -0.2) is 124 Å². The highest BCUT2D eigenvalue weighted by Gasteiger charge is 2.31. The van der Waals surface area contributed by atoms with Crippen LogP contribution < -0.4 is 21.3 Å². The molecule has 0 spiro atoms. The van der Waals surface area contributed by atoms with Crippen molar-refractivity contribution in [1.82, 2.24) is 50.9 Å². The number of fused-ring (bicyclic) bond motifs is 1. The Balaban J connectivity index is 0.000000154. The van der Waals surface area contributed by atoms with Crippen LogP contribution in [0.25, 0.3) is 0 Å². The first-order valence-corrected chi connectivity index (χ1v) is 20.6. The molecule has 22 heteroatoms. The lowest BCUT2D eigenvalue weighted by atomic mass is 10.3. The second-order valence-electron chi connectivity index (χ2n) is 10.5. The molecular weight excluding hydrogens is 813 g/mol. The van der Waals surface area contributed by atoms with Crippen molar-refractivity contribution in [2.45, 2.75) is 5.03 Å². The summed E-state index contributed by atoms with van der Waals surface area (Å²) in [5, 5.41) is 15.3. The number of amidine groups is 2. The number of thiocarbonyl (C=S) groups is 4. The van der Waals surface area contributed by atoms with Crippen LogP contribution in [0.3, 0.4) is 0 Å². The molecule has 7 heterocycles. The molecule has 3 saturated heterocycles. The summed E-state index contributed by atoms with van der Waals surface area (Å²) in [6, 6.07) is 10.3. The van der Waals surface area contributed by atoms with Gasteiger partial charge >= 0.3 is 0 Å². The van der Waals surface area contributed by atoms with Gasteiger partial charge in [0.1, 0.15) is 5.03 Å². The predicted octanol–water partition coefficient (Wildman–Crippen LogP) is 2.94. The van der Waals surface area contributed by atoms with E-state index in [1.807, 2.05) is 11.2 Å². The van der Waals surface area contributed by atoms with Crippen molar-refractivity contribution < 1.29 is 14.4 Å². The molecule has 0 unspecified atom stereocenters. The zero-order chi connectivity index (χ0) is 37.7. The minimum Gasteiger partial charge on any atom is -0.360 e. The second kappa shape index (κ2) is 19.8. The lowest BCUT2D eigenvalue weighted by molar-refractivity contribution is 0.0964. The Morgan fingerprint density at radius 1 is 0.830 bits per heavy atom. The number of carbonyl (C=O) groups excluding carboxylic acids is 3. The summed E-state index contributed by atoms with van der Waals surface area (Å²) in [4.78, 5) is 61.5. The largest absolute Gasteiger partial charge is 0.360 e. The van der Waals surface area contributed by atoms with E-state index in [0.29, 0.717) is 55.3 Å². The van der Waals surface area contributed by atoms with Crippen LogP contribution in [0.1, 0.15) is 31.1 Å². The van der Waals surface area contributed by atoms with Gasteiger partial charge in [0.05, 0.1) is 23.2 Å². The minimum absolute atomic E-state index is 0.255. The fraction of sp³-hybridized carbons (Fsp3) is 0.226. The van der Waals surface area contributed by atoms with Crippen LogP contribution >= 0.6 is 82.2 Å². The molecule has 0 radical (unpaired) electrons. The van der Waals surface area contributed by atoms with Crippen molar-refractivity contribution in [3.63, 3.8) is 0 Å². The molecule has 3 fully saturated rings. The molecule has 15 nitrogen and oxygen atoms in total. The SMILES string of the molecule is CSc1ncccc1C(=O)NC(=S)N1CCNC1=S.O=C(N=C1SSC2=NCCN21)c1cccnc1.O=C(NC(=S)N1CCNC1=S)c1cccnc1. The summed E-state index contributed by atoms with van der Waals surface area (Å²) in [6.45, 7) is 4.41. The number of nitrogens with zero attached hydrogens (tertiary/aromatic N) is 8. The van der Waals surface area contributed by atoms with Crippen molar-refractivity contribution in [3.05, 3.63) is 84.1 Å². The van der Waals surface area contributed by atoms with Gasteiger partial charge in [-0.3, -0.25) is 54.7 Å². The molecule has 0 bridgehead atoms. The molecule has 53 heavy (non-hydrogen) atoms. The van der Waals surface area contributed by atoms with Crippen molar-refractivity contribution in [1.29, 1.82) is 0 Å². The summed E-state index contributed by atoms with van der Waals surface area (Å²) < 4.78 is 0. The topological polar surface area (TPSA) is 172 Å². The molecule has 4 N–H and O–H groups in total. The third-order valence-corrected chi connectivity index (χ3v) is 11.4. The van der Waals surface area contributed by atoms with Gasteiger partial charge in [-0.1, -0.05) is 0 Å². The number of carbonyl (C=O) groups is 3. The first-order chi connectivity index (χ1) is 25.7. The van der Waals surface area contributed by atoms with Gasteiger partial charge in [0.2, 0.25) is 0 Å².